The number of nitrogens with one attached hydrogen (secondary N) is 1. The number of likely N-dealkylation sites (N-methyl/N-ethyl adjacent to an activating group) is 1. The van der Waals surface area contributed by atoms with E-state index in [4.69, 9.17) is 0 Å². The van der Waals surface area contributed by atoms with Gasteiger partial charge in [-0.1, -0.05) is 29.8 Å². The van der Waals surface area contributed by atoms with E-state index in [2.05, 4.69) is 11.4 Å². The molecule has 1 N–H and O–H groups in total. The fourth-order valence-electron chi connectivity index (χ4n) is 4.05. The molecule has 0 unspecified atom stereocenters. The van der Waals surface area contributed by atoms with Crippen molar-refractivity contribution in [1.29, 1.82) is 0 Å². The Morgan fingerprint density at radius 2 is 1.87 bits per heavy atom. The predicted molar refractivity (Wildman–Crippen MR) is 118 cm³/mol. The summed E-state index contributed by atoms with van der Waals surface area (Å²) in [5.41, 5.74) is 2.48. The van der Waals surface area contributed by atoms with Gasteiger partial charge in [0.25, 0.3) is 11.7 Å². The Labute approximate surface area is 177 Å². The van der Waals surface area contributed by atoms with Gasteiger partial charge in [-0.3, -0.25) is 14.4 Å². The molecule has 3 rings (SSSR count). The van der Waals surface area contributed by atoms with E-state index in [1.54, 1.807) is 15.7 Å². The van der Waals surface area contributed by atoms with Gasteiger partial charge in [-0.2, -0.15) is 0 Å². The fraction of sp³-hybridized carbons (Fsp3) is 0.458. The summed E-state index contributed by atoms with van der Waals surface area (Å²) in [6.45, 7) is 5.77. The number of carbonyl (C=O) groups excluding carboxylic acids is 3. The molecule has 160 valence electrons. The summed E-state index contributed by atoms with van der Waals surface area (Å²) in [7, 11) is 0. The molecule has 0 saturated heterocycles. The Kier molecular flexibility index (Phi) is 7.44. The molecule has 1 aliphatic carbocycles. The van der Waals surface area contributed by atoms with Crippen molar-refractivity contribution in [3.8, 4) is 0 Å². The van der Waals surface area contributed by atoms with Crippen molar-refractivity contribution in [1.82, 2.24) is 14.8 Å². The van der Waals surface area contributed by atoms with Crippen LogP contribution in [0.3, 0.4) is 0 Å². The fourth-order valence-corrected chi connectivity index (χ4v) is 4.05. The molecule has 2 amide bonds. The number of hydrogen-bond acceptors (Lipinski definition) is 3. The Balaban J connectivity index is 1.73. The average Bonchev–Trinajstić information content (AvgIpc) is 3.13. The van der Waals surface area contributed by atoms with Crippen LogP contribution in [-0.2, 0) is 16.1 Å². The number of nitrogens with zero attached hydrogens (tertiary/aromatic N) is 2. The molecule has 0 spiro atoms. The second kappa shape index (κ2) is 10.2. The molecule has 6 heteroatoms. The normalized spacial score (nSPS) is 13.7. The lowest BCUT2D eigenvalue weighted by Gasteiger charge is -2.19. The van der Waals surface area contributed by atoms with Gasteiger partial charge in [0, 0.05) is 36.7 Å². The molecule has 2 aromatic rings. The molecule has 1 aromatic heterocycles. The van der Waals surface area contributed by atoms with Gasteiger partial charge in [-0.15, -0.1) is 0 Å². The first kappa shape index (κ1) is 21.8. The summed E-state index contributed by atoms with van der Waals surface area (Å²) in [4.78, 5) is 39.7. The number of benzene rings is 1. The first-order valence-electron chi connectivity index (χ1n) is 10.9. The topological polar surface area (TPSA) is 71.4 Å². The van der Waals surface area contributed by atoms with Gasteiger partial charge >= 0.3 is 0 Å². The Bertz CT molecular complexity index is 954. The maximum atomic E-state index is 12.9. The highest BCUT2D eigenvalue weighted by Crippen LogP contribution is 2.23. The van der Waals surface area contributed by atoms with E-state index >= 15 is 0 Å². The van der Waals surface area contributed by atoms with Crippen molar-refractivity contribution in [3.63, 3.8) is 0 Å². The van der Waals surface area contributed by atoms with Crippen LogP contribution in [0, 0.1) is 0 Å². The monoisotopic (exact) mass is 409 g/mol. The molecule has 1 aromatic carbocycles. The summed E-state index contributed by atoms with van der Waals surface area (Å²) < 4.78 is 1.77. The molecule has 0 fully saturated rings. The van der Waals surface area contributed by atoms with Gasteiger partial charge in [0.05, 0.1) is 5.56 Å². The van der Waals surface area contributed by atoms with E-state index in [0.717, 1.165) is 24.8 Å². The van der Waals surface area contributed by atoms with Crippen LogP contribution in [0.25, 0.3) is 10.9 Å². The standard InChI is InChI=1S/C24H31N3O3/c1-3-26(4-2)22(28)17-27-16-20(19-12-8-9-13-21(19)27)23(29)24(30)25-15-14-18-10-6-5-7-11-18/h8-10,12-13,16H,3-7,11,14-15,17H2,1-2H3,(H,25,30). The van der Waals surface area contributed by atoms with Crippen LogP contribution in [0.4, 0.5) is 0 Å². The summed E-state index contributed by atoms with van der Waals surface area (Å²) >= 11 is 0. The molecule has 0 bridgehead atoms. The van der Waals surface area contributed by atoms with Gasteiger partial charge < -0.3 is 14.8 Å². The van der Waals surface area contributed by atoms with Crippen molar-refractivity contribution in [2.75, 3.05) is 19.6 Å². The molecular weight excluding hydrogens is 378 g/mol. The van der Waals surface area contributed by atoms with E-state index in [9.17, 15) is 14.4 Å². The zero-order chi connectivity index (χ0) is 21.5. The first-order valence-corrected chi connectivity index (χ1v) is 10.9. The number of fused-ring (bicyclic) bond motifs is 1. The predicted octanol–water partition coefficient (Wildman–Crippen LogP) is 3.70. The summed E-state index contributed by atoms with van der Waals surface area (Å²) in [6, 6.07) is 7.40. The highest BCUT2D eigenvalue weighted by Gasteiger charge is 2.22. The van der Waals surface area contributed by atoms with Crippen LogP contribution >= 0.6 is 0 Å². The lowest BCUT2D eigenvalue weighted by molar-refractivity contribution is -0.131. The van der Waals surface area contributed by atoms with Crippen LogP contribution in [-0.4, -0.2) is 46.7 Å². The smallest absolute Gasteiger partial charge is 0.292 e. The molecule has 30 heavy (non-hydrogen) atoms. The van der Waals surface area contributed by atoms with E-state index in [1.807, 2.05) is 38.1 Å². The van der Waals surface area contributed by atoms with Gasteiger partial charge in [-0.25, -0.2) is 0 Å². The van der Waals surface area contributed by atoms with Crippen LogP contribution in [0.15, 0.2) is 42.1 Å². The zero-order valence-electron chi connectivity index (χ0n) is 17.9. The minimum absolute atomic E-state index is 0.00930. The Morgan fingerprint density at radius 3 is 2.57 bits per heavy atom. The molecule has 0 atom stereocenters. The summed E-state index contributed by atoms with van der Waals surface area (Å²) in [5.74, 6) is -1.16. The number of aromatic nitrogens is 1. The van der Waals surface area contributed by atoms with E-state index in [0.29, 0.717) is 30.6 Å². The van der Waals surface area contributed by atoms with Gasteiger partial charge in [0.1, 0.15) is 6.54 Å². The van der Waals surface area contributed by atoms with Crippen molar-refractivity contribution in [2.45, 2.75) is 52.5 Å². The Hall–Kier alpha value is -2.89. The second-order valence-electron chi connectivity index (χ2n) is 7.70. The highest BCUT2D eigenvalue weighted by atomic mass is 16.2. The third-order valence-corrected chi connectivity index (χ3v) is 5.78. The average molecular weight is 410 g/mol. The third-order valence-electron chi connectivity index (χ3n) is 5.78. The third kappa shape index (κ3) is 4.99. The second-order valence-corrected chi connectivity index (χ2v) is 7.70. The van der Waals surface area contributed by atoms with Crippen molar-refractivity contribution in [3.05, 3.63) is 47.7 Å². The molecule has 0 radical (unpaired) electrons. The van der Waals surface area contributed by atoms with Gasteiger partial charge in [-0.05, 0) is 52.0 Å². The lowest BCUT2D eigenvalue weighted by Crippen LogP contribution is -2.33. The number of allylic oxidation sites excluding steroid dienone is 1. The first-order chi connectivity index (χ1) is 14.5. The quantitative estimate of drug-likeness (QED) is 0.390. The van der Waals surface area contributed by atoms with Crippen molar-refractivity contribution in [2.24, 2.45) is 0 Å². The van der Waals surface area contributed by atoms with Crippen LogP contribution < -0.4 is 5.32 Å². The molecular formula is C24H31N3O3. The van der Waals surface area contributed by atoms with Crippen molar-refractivity contribution < 1.29 is 14.4 Å². The summed E-state index contributed by atoms with van der Waals surface area (Å²) in [6.07, 6.45) is 9.29. The number of carbonyl (C=O) groups is 3. The maximum Gasteiger partial charge on any atom is 0.292 e. The zero-order valence-corrected chi connectivity index (χ0v) is 17.9. The number of amides is 2. The Morgan fingerprint density at radius 1 is 1.10 bits per heavy atom. The minimum atomic E-state index is -0.593. The van der Waals surface area contributed by atoms with Crippen LogP contribution in [0.5, 0.6) is 0 Å². The van der Waals surface area contributed by atoms with Gasteiger partial charge in [0.2, 0.25) is 5.91 Å². The van der Waals surface area contributed by atoms with E-state index in [-0.39, 0.29) is 12.5 Å². The summed E-state index contributed by atoms with van der Waals surface area (Å²) in [5, 5.41) is 3.46. The van der Waals surface area contributed by atoms with Crippen LogP contribution in [0.1, 0.15) is 56.3 Å². The van der Waals surface area contributed by atoms with Crippen LogP contribution in [0.2, 0.25) is 0 Å². The number of hydrogen-bond donors (Lipinski definition) is 1. The molecule has 0 saturated carbocycles. The minimum Gasteiger partial charge on any atom is -0.349 e. The number of ketones is 1. The van der Waals surface area contributed by atoms with Gasteiger partial charge in [0.15, 0.2) is 0 Å². The van der Waals surface area contributed by atoms with E-state index in [1.165, 1.54) is 18.4 Å². The highest BCUT2D eigenvalue weighted by molar-refractivity contribution is 6.45. The van der Waals surface area contributed by atoms with E-state index < -0.39 is 11.7 Å². The number of para-hydroxylation sites is 1. The van der Waals surface area contributed by atoms with Crippen molar-refractivity contribution >= 4 is 28.5 Å². The molecule has 1 heterocycles. The number of Topliss-reactive ketones (excluding diaryl/α,β-unsaturated/α-hetero) is 1. The molecule has 6 nitrogen and oxygen atoms in total. The largest absolute Gasteiger partial charge is 0.349 e. The molecule has 0 aliphatic heterocycles. The number of rotatable bonds is 9. The SMILES string of the molecule is CCN(CC)C(=O)Cn1cc(C(=O)C(=O)NCCC2=CCCCC2)c2ccccc21. The molecule has 1 aliphatic rings. The maximum absolute atomic E-state index is 12.9. The lowest BCUT2D eigenvalue weighted by atomic mass is 9.97.